The average Bonchev–Trinajstić information content (AvgIpc) is 2.87. The fourth-order valence-electron chi connectivity index (χ4n) is 3.72. The molecular weight excluding hydrogens is 466 g/mol. The van der Waals surface area contributed by atoms with E-state index in [1.807, 2.05) is 65.0 Å². The molecule has 0 unspecified atom stereocenters. The molecule has 3 amide bonds. The van der Waals surface area contributed by atoms with E-state index in [0.29, 0.717) is 36.3 Å². The summed E-state index contributed by atoms with van der Waals surface area (Å²) in [6, 6.07) is 19.8. The first-order valence-corrected chi connectivity index (χ1v) is 12.3. The summed E-state index contributed by atoms with van der Waals surface area (Å²) in [5, 5.41) is 2.81. The Kier molecular flexibility index (Phi) is 9.06. The smallest absolute Gasteiger partial charge is 0.269 e. The van der Waals surface area contributed by atoms with Gasteiger partial charge in [-0.3, -0.25) is 25.2 Å². The first kappa shape index (κ1) is 27.5. The van der Waals surface area contributed by atoms with E-state index in [-0.39, 0.29) is 11.8 Å². The molecule has 0 fully saturated rings. The van der Waals surface area contributed by atoms with Crippen molar-refractivity contribution < 1.29 is 19.1 Å². The quantitative estimate of drug-likeness (QED) is 0.266. The second-order valence-electron chi connectivity index (χ2n) is 9.91. The minimum Gasteiger partial charge on any atom is -0.493 e. The highest BCUT2D eigenvalue weighted by Gasteiger charge is 2.27. The third-order valence-corrected chi connectivity index (χ3v) is 6.14. The van der Waals surface area contributed by atoms with Crippen molar-refractivity contribution >= 4 is 23.4 Å². The molecule has 0 aliphatic heterocycles. The number of rotatable bonds is 9. The molecule has 3 N–H and O–H groups in total. The summed E-state index contributed by atoms with van der Waals surface area (Å²) < 4.78 is 5.89. The van der Waals surface area contributed by atoms with Crippen LogP contribution in [0.2, 0.25) is 0 Å². The summed E-state index contributed by atoms with van der Waals surface area (Å²) in [5.74, 6) is -0.0985. The van der Waals surface area contributed by atoms with Crippen LogP contribution in [0.1, 0.15) is 64.1 Å². The molecule has 0 aliphatic rings. The van der Waals surface area contributed by atoms with Crippen LogP contribution in [0.15, 0.2) is 66.7 Å². The van der Waals surface area contributed by atoms with Gasteiger partial charge in [0.1, 0.15) is 5.75 Å². The maximum atomic E-state index is 12.7. The van der Waals surface area contributed by atoms with Gasteiger partial charge in [0.05, 0.1) is 6.61 Å². The molecule has 0 aromatic heterocycles. The molecule has 0 bridgehead atoms. The van der Waals surface area contributed by atoms with Crippen LogP contribution in [0.5, 0.6) is 5.75 Å². The van der Waals surface area contributed by atoms with Gasteiger partial charge in [0.2, 0.25) is 5.91 Å². The van der Waals surface area contributed by atoms with Crippen LogP contribution in [-0.4, -0.2) is 24.3 Å². The van der Waals surface area contributed by atoms with E-state index >= 15 is 0 Å². The second-order valence-corrected chi connectivity index (χ2v) is 9.91. The predicted molar refractivity (Wildman–Crippen MR) is 146 cm³/mol. The molecule has 0 atom stereocenters. The molecule has 37 heavy (non-hydrogen) atoms. The largest absolute Gasteiger partial charge is 0.493 e. The maximum absolute atomic E-state index is 12.7. The fourth-order valence-corrected chi connectivity index (χ4v) is 3.72. The number of carbonyl (C=O) groups is 3. The molecule has 3 aromatic rings. The maximum Gasteiger partial charge on any atom is 0.269 e. The summed E-state index contributed by atoms with van der Waals surface area (Å²) in [4.78, 5) is 37.6. The van der Waals surface area contributed by atoms with Gasteiger partial charge in [-0.1, -0.05) is 43.7 Å². The number of carbonyl (C=O) groups excluding carboxylic acids is 3. The molecular formula is C30H35N3O4. The molecule has 7 nitrogen and oxygen atoms in total. The number of ether oxygens (including phenoxy) is 1. The Morgan fingerprint density at radius 2 is 1.49 bits per heavy atom. The first-order chi connectivity index (χ1) is 17.5. The number of hydrazine groups is 1. The Morgan fingerprint density at radius 3 is 2.19 bits per heavy atom. The number of nitrogens with one attached hydrogen (secondary N) is 3. The van der Waals surface area contributed by atoms with Crippen LogP contribution in [0.4, 0.5) is 5.69 Å². The van der Waals surface area contributed by atoms with Crippen molar-refractivity contribution in [1.82, 2.24) is 10.9 Å². The third kappa shape index (κ3) is 7.93. The van der Waals surface area contributed by atoms with Gasteiger partial charge < -0.3 is 10.1 Å². The minimum absolute atomic E-state index is 0.227. The summed E-state index contributed by atoms with van der Waals surface area (Å²) in [6.07, 6.45) is 1.28. The van der Waals surface area contributed by atoms with E-state index in [0.717, 1.165) is 22.4 Å². The summed E-state index contributed by atoms with van der Waals surface area (Å²) in [5.41, 5.74) is 8.99. The molecule has 0 heterocycles. The van der Waals surface area contributed by atoms with Crippen molar-refractivity contribution in [3.8, 4) is 5.75 Å². The Balaban J connectivity index is 1.44. The molecule has 0 aliphatic carbocycles. The topological polar surface area (TPSA) is 96.5 Å². The highest BCUT2D eigenvalue weighted by molar-refractivity contribution is 6.04. The molecule has 3 aromatic carbocycles. The Morgan fingerprint density at radius 1 is 0.784 bits per heavy atom. The van der Waals surface area contributed by atoms with Crippen molar-refractivity contribution in [2.24, 2.45) is 5.41 Å². The van der Waals surface area contributed by atoms with Gasteiger partial charge in [0.25, 0.3) is 11.8 Å². The van der Waals surface area contributed by atoms with Crippen LogP contribution >= 0.6 is 0 Å². The molecule has 7 heteroatoms. The lowest BCUT2D eigenvalue weighted by Gasteiger charge is -2.23. The van der Waals surface area contributed by atoms with E-state index in [2.05, 4.69) is 16.2 Å². The number of benzene rings is 3. The van der Waals surface area contributed by atoms with Crippen LogP contribution < -0.4 is 20.9 Å². The second kappa shape index (κ2) is 12.2. The fraction of sp³-hybridized carbons (Fsp3) is 0.300. The molecule has 0 saturated carbocycles. The van der Waals surface area contributed by atoms with Crippen molar-refractivity contribution in [2.45, 2.75) is 47.5 Å². The van der Waals surface area contributed by atoms with E-state index in [1.54, 1.807) is 36.4 Å². The van der Waals surface area contributed by atoms with Crippen LogP contribution in [0.25, 0.3) is 0 Å². The van der Waals surface area contributed by atoms with Crippen molar-refractivity contribution in [2.75, 3.05) is 11.9 Å². The zero-order valence-corrected chi connectivity index (χ0v) is 22.1. The van der Waals surface area contributed by atoms with Crippen molar-refractivity contribution in [3.05, 3.63) is 94.5 Å². The zero-order valence-electron chi connectivity index (χ0n) is 22.1. The Labute approximate surface area is 218 Å². The summed E-state index contributed by atoms with van der Waals surface area (Å²) in [6.45, 7) is 10.1. The average molecular weight is 502 g/mol. The van der Waals surface area contributed by atoms with Gasteiger partial charge >= 0.3 is 0 Å². The minimum atomic E-state index is -0.692. The SMILES string of the molecule is Cc1cccc(C(=O)Nc2ccc(C(=O)NNC(=O)C(C)(C)CCCOc3cc(C)ccc3C)cc2)c1. The monoisotopic (exact) mass is 501 g/mol. The number of aryl methyl sites for hydroxylation is 3. The summed E-state index contributed by atoms with van der Waals surface area (Å²) in [7, 11) is 0. The third-order valence-electron chi connectivity index (χ3n) is 6.14. The van der Waals surface area contributed by atoms with Crippen LogP contribution in [0.3, 0.4) is 0 Å². The number of amides is 3. The number of hydrogen-bond acceptors (Lipinski definition) is 4. The summed E-state index contributed by atoms with van der Waals surface area (Å²) >= 11 is 0. The Bertz CT molecular complexity index is 1270. The molecule has 0 spiro atoms. The van der Waals surface area contributed by atoms with Gasteiger partial charge in [0.15, 0.2) is 0 Å². The standard InChI is InChI=1S/C30H35N3O4/c1-20-8-6-9-24(18-20)27(34)31-25-14-12-23(13-15-25)28(35)32-33-29(36)30(4,5)16-7-17-37-26-19-21(2)10-11-22(26)3/h6,8-15,18-19H,7,16-17H2,1-5H3,(H,31,34)(H,32,35)(H,33,36). The van der Waals surface area contributed by atoms with Crippen LogP contribution in [-0.2, 0) is 4.79 Å². The molecule has 3 rings (SSSR count). The molecule has 0 radical (unpaired) electrons. The lowest BCUT2D eigenvalue weighted by molar-refractivity contribution is -0.130. The first-order valence-electron chi connectivity index (χ1n) is 12.3. The molecule has 0 saturated heterocycles. The van der Waals surface area contributed by atoms with Crippen LogP contribution in [0, 0.1) is 26.2 Å². The predicted octanol–water partition coefficient (Wildman–Crippen LogP) is 5.51. The van der Waals surface area contributed by atoms with Gasteiger partial charge in [-0.05, 0) is 87.2 Å². The van der Waals surface area contributed by atoms with Crippen molar-refractivity contribution in [1.29, 1.82) is 0 Å². The van der Waals surface area contributed by atoms with Gasteiger partial charge in [0, 0.05) is 22.2 Å². The van der Waals surface area contributed by atoms with Gasteiger partial charge in [-0.25, -0.2) is 0 Å². The Hall–Kier alpha value is -4.13. The lowest BCUT2D eigenvalue weighted by atomic mass is 9.87. The lowest BCUT2D eigenvalue weighted by Crippen LogP contribution is -2.47. The van der Waals surface area contributed by atoms with E-state index in [1.165, 1.54) is 0 Å². The van der Waals surface area contributed by atoms with Gasteiger partial charge in [-0.2, -0.15) is 0 Å². The molecule has 194 valence electrons. The van der Waals surface area contributed by atoms with E-state index in [4.69, 9.17) is 4.74 Å². The number of hydrogen-bond donors (Lipinski definition) is 3. The highest BCUT2D eigenvalue weighted by atomic mass is 16.5. The van der Waals surface area contributed by atoms with E-state index in [9.17, 15) is 14.4 Å². The normalized spacial score (nSPS) is 10.9. The highest BCUT2D eigenvalue weighted by Crippen LogP contribution is 2.24. The van der Waals surface area contributed by atoms with Crippen molar-refractivity contribution in [3.63, 3.8) is 0 Å². The van der Waals surface area contributed by atoms with E-state index < -0.39 is 11.3 Å². The number of anilines is 1. The van der Waals surface area contributed by atoms with Gasteiger partial charge in [-0.15, -0.1) is 0 Å². The zero-order chi connectivity index (χ0) is 27.0.